The van der Waals surface area contributed by atoms with Crippen LogP contribution < -0.4 is 5.32 Å². The van der Waals surface area contributed by atoms with Crippen molar-refractivity contribution in [3.05, 3.63) is 69.7 Å². The molecular weight excluding hydrogens is 418 g/mol. The maximum absolute atomic E-state index is 12.4. The highest BCUT2D eigenvalue weighted by Crippen LogP contribution is 2.34. The van der Waals surface area contributed by atoms with Gasteiger partial charge >= 0.3 is 12.1 Å². The van der Waals surface area contributed by atoms with Crippen LogP contribution in [0.15, 0.2) is 48.5 Å². The molecule has 28 heavy (non-hydrogen) atoms. The molecule has 1 unspecified atom stereocenters. The second-order valence-electron chi connectivity index (χ2n) is 5.81. The van der Waals surface area contributed by atoms with Crippen molar-refractivity contribution in [2.45, 2.75) is 18.5 Å². The Morgan fingerprint density at radius 1 is 1.00 bits per heavy atom. The number of alkyl halides is 3. The molecule has 2 aromatic carbocycles. The fraction of sp³-hybridized carbons (Fsp3) is 0.263. The monoisotopic (exact) mass is 433 g/mol. The van der Waals surface area contributed by atoms with Gasteiger partial charge in [0.15, 0.2) is 0 Å². The van der Waals surface area contributed by atoms with Crippen molar-refractivity contribution >= 4 is 35.1 Å². The van der Waals surface area contributed by atoms with E-state index in [1.807, 2.05) is 5.32 Å². The van der Waals surface area contributed by atoms with Gasteiger partial charge in [0, 0.05) is 15.6 Å². The van der Waals surface area contributed by atoms with Gasteiger partial charge in [-0.15, -0.1) is 0 Å². The van der Waals surface area contributed by atoms with Crippen molar-refractivity contribution in [2.75, 3.05) is 13.2 Å². The van der Waals surface area contributed by atoms with Crippen molar-refractivity contribution in [3.8, 4) is 0 Å². The molecule has 1 N–H and O–H groups in total. The minimum atomic E-state index is -4.57. The van der Waals surface area contributed by atoms with Crippen molar-refractivity contribution in [2.24, 2.45) is 0 Å². The lowest BCUT2D eigenvalue weighted by Crippen LogP contribution is -2.37. The van der Waals surface area contributed by atoms with E-state index >= 15 is 0 Å². The predicted octanol–water partition coefficient (Wildman–Crippen LogP) is 5.00. The number of ether oxygens (including phenoxy) is 1. The van der Waals surface area contributed by atoms with Gasteiger partial charge in [-0.25, -0.2) is 4.79 Å². The molecule has 0 aliphatic rings. The lowest BCUT2D eigenvalue weighted by Gasteiger charge is -2.20. The fourth-order valence-corrected chi connectivity index (χ4v) is 3.15. The van der Waals surface area contributed by atoms with Crippen LogP contribution in [0.1, 0.15) is 28.3 Å². The van der Waals surface area contributed by atoms with E-state index in [0.717, 1.165) is 0 Å². The average Bonchev–Trinajstić information content (AvgIpc) is 2.64. The van der Waals surface area contributed by atoms with Gasteiger partial charge in [0.05, 0.1) is 18.1 Å². The highest BCUT2D eigenvalue weighted by molar-refractivity contribution is 6.36. The smallest absolute Gasteiger partial charge is 0.405 e. The Labute approximate surface area is 169 Å². The first-order valence-electron chi connectivity index (χ1n) is 8.19. The summed E-state index contributed by atoms with van der Waals surface area (Å²) in [5.74, 6) is -2.64. The number of rotatable bonds is 7. The molecule has 0 radical (unpaired) electrons. The number of carbonyl (C=O) groups is 2. The van der Waals surface area contributed by atoms with Crippen LogP contribution in [0.3, 0.4) is 0 Å². The van der Waals surface area contributed by atoms with Crippen LogP contribution >= 0.6 is 23.2 Å². The number of halogens is 5. The van der Waals surface area contributed by atoms with E-state index in [9.17, 15) is 22.8 Å². The van der Waals surface area contributed by atoms with Gasteiger partial charge in [-0.05, 0) is 30.7 Å². The fourth-order valence-electron chi connectivity index (χ4n) is 2.49. The molecule has 0 heterocycles. The molecule has 1 amide bonds. The first kappa shape index (κ1) is 22.0. The maximum atomic E-state index is 12.4. The Morgan fingerprint density at radius 3 is 2.18 bits per heavy atom. The molecule has 0 bridgehead atoms. The molecule has 0 aliphatic heterocycles. The Bertz CT molecular complexity index is 809. The van der Waals surface area contributed by atoms with E-state index in [1.54, 1.807) is 36.4 Å². The molecule has 0 saturated heterocycles. The molecule has 0 fully saturated rings. The van der Waals surface area contributed by atoms with Gasteiger partial charge in [0.25, 0.3) is 0 Å². The van der Waals surface area contributed by atoms with Crippen LogP contribution in [-0.4, -0.2) is 31.2 Å². The van der Waals surface area contributed by atoms with Crippen molar-refractivity contribution in [1.82, 2.24) is 5.32 Å². The standard InChI is InChI=1S/C19H16Cl2F3NO3/c20-14-7-4-8-15(21)16(14)13(17(26)25-11-19(22,23)24)9-10-28-18(27)12-5-2-1-3-6-12/h1-8,13H,9-11H2,(H,25,26). The Hall–Kier alpha value is -2.25. The first-order valence-corrected chi connectivity index (χ1v) is 8.95. The minimum Gasteiger partial charge on any atom is -0.462 e. The summed E-state index contributed by atoms with van der Waals surface area (Å²) in [5.41, 5.74) is 0.498. The summed E-state index contributed by atoms with van der Waals surface area (Å²) >= 11 is 12.2. The average molecular weight is 434 g/mol. The number of esters is 1. The molecule has 0 saturated carbocycles. The molecule has 4 nitrogen and oxygen atoms in total. The van der Waals surface area contributed by atoms with Gasteiger partial charge in [-0.2, -0.15) is 13.2 Å². The molecule has 2 rings (SSSR count). The summed E-state index contributed by atoms with van der Waals surface area (Å²) in [6, 6.07) is 12.7. The van der Waals surface area contributed by atoms with Crippen LogP contribution in [0, 0.1) is 0 Å². The van der Waals surface area contributed by atoms with Gasteiger partial charge < -0.3 is 10.1 Å². The molecule has 9 heteroatoms. The first-order chi connectivity index (χ1) is 13.2. The van der Waals surface area contributed by atoms with Gasteiger partial charge in [-0.3, -0.25) is 4.79 Å². The molecule has 0 aromatic heterocycles. The largest absolute Gasteiger partial charge is 0.462 e. The third-order valence-corrected chi connectivity index (χ3v) is 4.44. The normalized spacial score (nSPS) is 12.3. The van der Waals surface area contributed by atoms with E-state index in [-0.39, 0.29) is 28.6 Å². The van der Waals surface area contributed by atoms with Crippen LogP contribution in [0.5, 0.6) is 0 Å². The lowest BCUT2D eigenvalue weighted by atomic mass is 9.94. The summed E-state index contributed by atoms with van der Waals surface area (Å²) in [6.45, 7) is -1.70. The Balaban J connectivity index is 2.12. The Morgan fingerprint density at radius 2 is 1.61 bits per heavy atom. The summed E-state index contributed by atoms with van der Waals surface area (Å²) < 4.78 is 42.5. The van der Waals surface area contributed by atoms with E-state index in [0.29, 0.717) is 5.56 Å². The Kier molecular flexibility index (Phi) is 7.71. The zero-order chi connectivity index (χ0) is 20.7. The van der Waals surface area contributed by atoms with E-state index in [2.05, 4.69) is 0 Å². The molecule has 2 aromatic rings. The SMILES string of the molecule is O=C(OCCC(C(=O)NCC(F)(F)F)c1c(Cl)cccc1Cl)c1ccccc1. The van der Waals surface area contributed by atoms with Gasteiger partial charge in [0.2, 0.25) is 5.91 Å². The molecule has 0 spiro atoms. The predicted molar refractivity (Wildman–Crippen MR) is 99.6 cm³/mol. The molecule has 0 aliphatic carbocycles. The van der Waals surface area contributed by atoms with E-state index in [1.165, 1.54) is 12.1 Å². The summed E-state index contributed by atoms with van der Waals surface area (Å²) in [4.78, 5) is 24.4. The third kappa shape index (κ3) is 6.42. The zero-order valence-corrected chi connectivity index (χ0v) is 15.9. The number of amides is 1. The van der Waals surface area contributed by atoms with Crippen LogP contribution in [0.4, 0.5) is 13.2 Å². The van der Waals surface area contributed by atoms with Gasteiger partial charge in [0.1, 0.15) is 6.54 Å². The van der Waals surface area contributed by atoms with E-state index in [4.69, 9.17) is 27.9 Å². The van der Waals surface area contributed by atoms with Crippen molar-refractivity contribution in [1.29, 1.82) is 0 Å². The zero-order valence-electron chi connectivity index (χ0n) is 14.4. The van der Waals surface area contributed by atoms with E-state index < -0.39 is 30.5 Å². The number of benzene rings is 2. The van der Waals surface area contributed by atoms with Crippen LogP contribution in [0.2, 0.25) is 10.0 Å². The third-order valence-electron chi connectivity index (χ3n) is 3.78. The quantitative estimate of drug-likeness (QED) is 0.624. The summed E-state index contributed by atoms with van der Waals surface area (Å²) in [7, 11) is 0. The van der Waals surface area contributed by atoms with Crippen LogP contribution in [0.25, 0.3) is 0 Å². The second kappa shape index (κ2) is 9.80. The second-order valence-corrected chi connectivity index (χ2v) is 6.63. The summed E-state index contributed by atoms with van der Waals surface area (Å²) in [5, 5.41) is 2.09. The van der Waals surface area contributed by atoms with Crippen LogP contribution in [-0.2, 0) is 9.53 Å². The highest BCUT2D eigenvalue weighted by Gasteiger charge is 2.31. The van der Waals surface area contributed by atoms with Crippen molar-refractivity contribution < 1.29 is 27.5 Å². The molecule has 150 valence electrons. The molecular formula is C19H16Cl2F3NO3. The number of carbonyl (C=O) groups excluding carboxylic acids is 2. The van der Waals surface area contributed by atoms with Gasteiger partial charge in [-0.1, -0.05) is 47.5 Å². The molecule has 1 atom stereocenters. The summed E-state index contributed by atoms with van der Waals surface area (Å²) in [6.07, 6.45) is -4.66. The topological polar surface area (TPSA) is 55.4 Å². The van der Waals surface area contributed by atoms with Crippen molar-refractivity contribution in [3.63, 3.8) is 0 Å². The number of hydrogen-bond donors (Lipinski definition) is 1. The lowest BCUT2D eigenvalue weighted by molar-refractivity contribution is -0.139. The maximum Gasteiger partial charge on any atom is 0.405 e. The number of hydrogen-bond acceptors (Lipinski definition) is 3. The highest BCUT2D eigenvalue weighted by atomic mass is 35.5. The number of nitrogens with one attached hydrogen (secondary N) is 1. The minimum absolute atomic E-state index is 0.0916.